The van der Waals surface area contributed by atoms with E-state index in [-0.39, 0.29) is 23.1 Å². The average Bonchev–Trinajstić information content (AvgIpc) is 2.74. The molecule has 0 radical (unpaired) electrons. The Bertz CT molecular complexity index is 854. The second-order valence-electron chi connectivity index (χ2n) is 8.77. The maximum absolute atomic E-state index is 13.0. The number of carbonyl (C=O) groups excluding carboxylic acids is 2. The van der Waals surface area contributed by atoms with Gasteiger partial charge in [0, 0.05) is 44.9 Å². The minimum atomic E-state index is -3.24. The summed E-state index contributed by atoms with van der Waals surface area (Å²) in [7, 11) is -3.24. The summed E-state index contributed by atoms with van der Waals surface area (Å²) in [5.74, 6) is 0.211. The van der Waals surface area contributed by atoms with Gasteiger partial charge in [-0.25, -0.2) is 8.42 Å². The zero-order valence-corrected chi connectivity index (χ0v) is 19.3. The summed E-state index contributed by atoms with van der Waals surface area (Å²) in [6.45, 7) is 3.98. The van der Waals surface area contributed by atoms with E-state index in [4.69, 9.17) is 0 Å². The highest BCUT2D eigenvalue weighted by Gasteiger charge is 2.25. The van der Waals surface area contributed by atoms with Crippen LogP contribution < -0.4 is 5.32 Å². The van der Waals surface area contributed by atoms with E-state index >= 15 is 0 Å². The lowest BCUT2D eigenvalue weighted by atomic mass is 9.98. The number of nitrogens with one attached hydrogen (secondary N) is 1. The lowest BCUT2D eigenvalue weighted by Gasteiger charge is -2.35. The molecule has 0 aromatic heterocycles. The van der Waals surface area contributed by atoms with Gasteiger partial charge < -0.3 is 10.2 Å². The second kappa shape index (κ2) is 11.1. The van der Waals surface area contributed by atoms with E-state index in [9.17, 15) is 18.0 Å². The molecule has 1 aromatic carbocycles. The molecule has 0 bridgehead atoms. The van der Waals surface area contributed by atoms with Gasteiger partial charge in [-0.1, -0.05) is 18.6 Å². The van der Waals surface area contributed by atoms with Crippen molar-refractivity contribution in [2.75, 3.05) is 39.0 Å². The third kappa shape index (κ3) is 7.31. The Kier molecular flexibility index (Phi) is 8.49. The topological polar surface area (TPSA) is 86.8 Å². The van der Waals surface area contributed by atoms with Crippen molar-refractivity contribution in [3.63, 3.8) is 0 Å². The molecule has 1 N–H and O–H groups in total. The first kappa shape index (κ1) is 23.7. The van der Waals surface area contributed by atoms with Crippen molar-refractivity contribution in [2.24, 2.45) is 0 Å². The van der Waals surface area contributed by atoms with Gasteiger partial charge >= 0.3 is 0 Å². The summed E-state index contributed by atoms with van der Waals surface area (Å²) in [5.41, 5.74) is 0.823. The van der Waals surface area contributed by atoms with Gasteiger partial charge in [0.05, 0.1) is 11.3 Å². The largest absolute Gasteiger partial charge is 0.356 e. The van der Waals surface area contributed by atoms with Gasteiger partial charge in [0.25, 0.3) is 0 Å². The van der Waals surface area contributed by atoms with Gasteiger partial charge in [-0.05, 0) is 56.3 Å². The molecule has 1 unspecified atom stereocenters. The summed E-state index contributed by atoms with van der Waals surface area (Å²) >= 11 is 0. The molecule has 7 nitrogen and oxygen atoms in total. The number of hydrogen-bond acceptors (Lipinski definition) is 5. The van der Waals surface area contributed by atoms with Crippen LogP contribution in [0.5, 0.6) is 0 Å². The fraction of sp³-hybridized carbons (Fsp3) is 0.652. The van der Waals surface area contributed by atoms with Crippen molar-refractivity contribution in [3.8, 4) is 0 Å². The van der Waals surface area contributed by atoms with Crippen LogP contribution in [0.1, 0.15) is 50.5 Å². The summed E-state index contributed by atoms with van der Waals surface area (Å²) in [4.78, 5) is 29.9. The van der Waals surface area contributed by atoms with Gasteiger partial charge in [0.15, 0.2) is 9.84 Å². The number of nitrogens with zero attached hydrogens (tertiary/aromatic N) is 2. The fourth-order valence-corrected chi connectivity index (χ4v) is 5.12. The van der Waals surface area contributed by atoms with Crippen LogP contribution in [0.4, 0.5) is 0 Å². The lowest BCUT2D eigenvalue weighted by molar-refractivity contribution is -0.130. The molecule has 2 heterocycles. The van der Waals surface area contributed by atoms with Crippen molar-refractivity contribution < 1.29 is 18.0 Å². The molecular formula is C23H35N3O4S. The molecule has 0 spiro atoms. The maximum atomic E-state index is 13.0. The van der Waals surface area contributed by atoms with E-state index in [0.717, 1.165) is 44.3 Å². The molecule has 31 heavy (non-hydrogen) atoms. The zero-order chi connectivity index (χ0) is 22.3. The Morgan fingerprint density at radius 1 is 1.00 bits per heavy atom. The molecule has 2 amide bonds. The molecule has 172 valence electrons. The summed E-state index contributed by atoms with van der Waals surface area (Å²) < 4.78 is 23.3. The Labute approximate surface area is 186 Å². The minimum absolute atomic E-state index is 0.0706. The zero-order valence-electron chi connectivity index (χ0n) is 18.5. The van der Waals surface area contributed by atoms with E-state index in [1.807, 2.05) is 4.90 Å². The smallest absolute Gasteiger partial charge is 0.226 e. The average molecular weight is 450 g/mol. The first-order valence-electron chi connectivity index (χ1n) is 11.4. The number of benzene rings is 1. The standard InChI is InChI=1S/C23H35N3O4S/c1-31(29,30)21-10-8-19(9-11-21)17-23(28)26-14-5-3-12-24-22(27)18-20-7-2-4-13-25(20)15-6-16-26/h8-11,20H,2-7,12-18H2,1H3,(H,24,27). The number of piperidine rings is 1. The molecule has 3 rings (SSSR count). The Morgan fingerprint density at radius 3 is 2.42 bits per heavy atom. The van der Waals surface area contributed by atoms with Crippen molar-refractivity contribution in [1.29, 1.82) is 0 Å². The van der Waals surface area contributed by atoms with Gasteiger partial charge in [-0.2, -0.15) is 0 Å². The molecule has 2 fully saturated rings. The normalized spacial score (nSPS) is 22.4. The van der Waals surface area contributed by atoms with E-state index in [2.05, 4.69) is 10.2 Å². The third-order valence-corrected chi connectivity index (χ3v) is 7.41. The molecule has 0 saturated carbocycles. The van der Waals surface area contributed by atoms with Crippen LogP contribution in [0.2, 0.25) is 0 Å². The predicted molar refractivity (Wildman–Crippen MR) is 121 cm³/mol. The molecule has 1 atom stereocenters. The Balaban J connectivity index is 1.62. The molecular weight excluding hydrogens is 414 g/mol. The molecule has 2 aliphatic rings. The number of carbonyl (C=O) groups is 2. The first-order chi connectivity index (χ1) is 14.8. The number of rotatable bonds is 3. The quantitative estimate of drug-likeness (QED) is 0.763. The molecule has 8 heteroatoms. The first-order valence-corrected chi connectivity index (χ1v) is 13.3. The monoisotopic (exact) mass is 449 g/mol. The van der Waals surface area contributed by atoms with Crippen LogP contribution in [0.3, 0.4) is 0 Å². The number of amides is 2. The molecule has 1 aromatic rings. The van der Waals surface area contributed by atoms with Crippen LogP contribution >= 0.6 is 0 Å². The van der Waals surface area contributed by atoms with Crippen molar-refractivity contribution in [2.45, 2.75) is 62.3 Å². The number of sulfone groups is 1. The van der Waals surface area contributed by atoms with Crippen molar-refractivity contribution in [1.82, 2.24) is 15.1 Å². The van der Waals surface area contributed by atoms with Crippen molar-refractivity contribution in [3.05, 3.63) is 29.8 Å². The predicted octanol–water partition coefficient (Wildman–Crippen LogP) is 2.01. The Hall–Kier alpha value is -1.93. The van der Waals surface area contributed by atoms with E-state index < -0.39 is 9.84 Å². The maximum Gasteiger partial charge on any atom is 0.226 e. The van der Waals surface area contributed by atoms with Crippen LogP contribution in [-0.4, -0.2) is 75.1 Å². The third-order valence-electron chi connectivity index (χ3n) is 6.28. The van der Waals surface area contributed by atoms with Gasteiger partial charge in [0.1, 0.15) is 0 Å². The van der Waals surface area contributed by atoms with Crippen LogP contribution in [0.25, 0.3) is 0 Å². The van der Waals surface area contributed by atoms with Crippen molar-refractivity contribution >= 4 is 21.7 Å². The SMILES string of the molecule is CS(=O)(=O)c1ccc(CC(=O)N2CCCCNC(=O)CC3CCCCN3CCC2)cc1. The van der Waals surface area contributed by atoms with E-state index in [0.29, 0.717) is 32.1 Å². The molecule has 0 aliphatic carbocycles. The summed E-state index contributed by atoms with van der Waals surface area (Å²) in [6, 6.07) is 6.89. The Morgan fingerprint density at radius 2 is 1.68 bits per heavy atom. The van der Waals surface area contributed by atoms with Gasteiger partial charge in [0.2, 0.25) is 11.8 Å². The molecule has 2 saturated heterocycles. The van der Waals surface area contributed by atoms with Crippen LogP contribution in [0.15, 0.2) is 29.2 Å². The summed E-state index contributed by atoms with van der Waals surface area (Å²) in [6.07, 6.45) is 8.05. The summed E-state index contributed by atoms with van der Waals surface area (Å²) in [5, 5.41) is 3.04. The highest BCUT2D eigenvalue weighted by molar-refractivity contribution is 7.90. The van der Waals surface area contributed by atoms with E-state index in [1.54, 1.807) is 24.3 Å². The lowest BCUT2D eigenvalue weighted by Crippen LogP contribution is -2.44. The fourth-order valence-electron chi connectivity index (χ4n) is 4.49. The number of hydrogen-bond donors (Lipinski definition) is 1. The minimum Gasteiger partial charge on any atom is -0.356 e. The van der Waals surface area contributed by atoms with Crippen LogP contribution in [0, 0.1) is 0 Å². The molecule has 2 aliphatic heterocycles. The van der Waals surface area contributed by atoms with Gasteiger partial charge in [-0.3, -0.25) is 14.5 Å². The highest BCUT2D eigenvalue weighted by Crippen LogP contribution is 2.20. The number of fused-ring (bicyclic) bond motifs is 1. The van der Waals surface area contributed by atoms with E-state index in [1.165, 1.54) is 19.1 Å². The highest BCUT2D eigenvalue weighted by atomic mass is 32.2. The van der Waals surface area contributed by atoms with Crippen LogP contribution in [-0.2, 0) is 25.8 Å². The second-order valence-corrected chi connectivity index (χ2v) is 10.8. The van der Waals surface area contributed by atoms with Gasteiger partial charge in [-0.15, -0.1) is 0 Å².